The Hall–Kier alpha value is -1.87. The second-order valence-corrected chi connectivity index (χ2v) is 8.65. The minimum absolute atomic E-state index is 0.00302. The number of hydrogen-bond acceptors (Lipinski definition) is 4. The monoisotopic (exact) mass is 397 g/mol. The summed E-state index contributed by atoms with van der Waals surface area (Å²) in [6, 6.07) is -0.734. The van der Waals surface area contributed by atoms with Crippen LogP contribution in [0.15, 0.2) is 9.59 Å². The normalized spacial score (nSPS) is 36.9. The molecule has 0 spiro atoms. The van der Waals surface area contributed by atoms with Crippen molar-refractivity contribution in [1.29, 1.82) is 0 Å². The van der Waals surface area contributed by atoms with Crippen LogP contribution >= 0.6 is 0 Å². The summed E-state index contributed by atoms with van der Waals surface area (Å²) < 4.78 is 44.2. The predicted molar refractivity (Wildman–Crippen MR) is 95.2 cm³/mol. The molecule has 0 bridgehead atoms. The fraction of sp³-hybridized carbons (Fsp3) is 0.684. The average molecular weight is 397 g/mol. The van der Waals surface area contributed by atoms with Gasteiger partial charge < -0.3 is 5.11 Å². The Bertz CT molecular complexity index is 1070. The van der Waals surface area contributed by atoms with E-state index in [0.717, 1.165) is 12.8 Å². The molecule has 0 amide bonds. The van der Waals surface area contributed by atoms with Gasteiger partial charge >= 0.3 is 5.69 Å². The van der Waals surface area contributed by atoms with Crippen molar-refractivity contribution < 1.29 is 18.3 Å². The Morgan fingerprint density at radius 1 is 1.25 bits per heavy atom. The van der Waals surface area contributed by atoms with Gasteiger partial charge in [-0.15, -0.1) is 0 Å². The molecular formula is C19H22F3N3O3. The lowest BCUT2D eigenvalue weighted by atomic mass is 9.95. The quantitative estimate of drug-likeness (QED) is 0.705. The minimum Gasteiger partial charge on any atom is -0.387 e. The summed E-state index contributed by atoms with van der Waals surface area (Å²) in [7, 11) is 0. The van der Waals surface area contributed by atoms with Gasteiger partial charge in [0.2, 0.25) is 0 Å². The number of likely N-dealkylation sites (tertiary alicyclic amines) is 1. The maximum atomic E-state index is 15.1. The minimum atomic E-state index is -3.10. The lowest BCUT2D eigenvalue weighted by Crippen LogP contribution is -2.60. The second-order valence-electron chi connectivity index (χ2n) is 8.65. The molecular weight excluding hydrogens is 375 g/mol. The van der Waals surface area contributed by atoms with E-state index >= 15 is 4.39 Å². The lowest BCUT2D eigenvalue weighted by molar-refractivity contribution is -0.101. The molecule has 5 rings (SSSR count). The molecule has 3 aliphatic carbocycles. The first-order valence-electron chi connectivity index (χ1n) is 9.70. The first kappa shape index (κ1) is 18.2. The molecule has 1 saturated heterocycles. The highest BCUT2D eigenvalue weighted by Gasteiger charge is 2.58. The maximum absolute atomic E-state index is 15.1. The SMILES string of the molecule is CC1=c2c(c(=O)[nH]c(=O)n2C2CC2)=CC(F)C1N1CC2CC(F)(F)C(O)C2C1. The molecule has 152 valence electrons. The maximum Gasteiger partial charge on any atom is 0.329 e. The molecule has 1 aliphatic heterocycles. The van der Waals surface area contributed by atoms with Crippen LogP contribution in [0.25, 0.3) is 11.6 Å². The zero-order chi connectivity index (χ0) is 20.0. The van der Waals surface area contributed by atoms with E-state index in [9.17, 15) is 23.5 Å². The molecule has 5 atom stereocenters. The van der Waals surface area contributed by atoms with Crippen molar-refractivity contribution in [2.75, 3.05) is 13.1 Å². The van der Waals surface area contributed by atoms with Crippen molar-refractivity contribution in [3.63, 3.8) is 0 Å². The number of halogens is 3. The van der Waals surface area contributed by atoms with Crippen LogP contribution in [0.4, 0.5) is 13.2 Å². The molecule has 9 heteroatoms. The summed E-state index contributed by atoms with van der Waals surface area (Å²) in [5, 5.41) is 10.6. The third kappa shape index (κ3) is 2.48. The third-order valence-corrected chi connectivity index (χ3v) is 6.82. The van der Waals surface area contributed by atoms with Gasteiger partial charge in [0.1, 0.15) is 12.3 Å². The Morgan fingerprint density at radius 2 is 1.96 bits per heavy atom. The third-order valence-electron chi connectivity index (χ3n) is 6.82. The van der Waals surface area contributed by atoms with Crippen LogP contribution in [0.2, 0.25) is 0 Å². The number of aliphatic hydroxyl groups excluding tert-OH is 1. The lowest BCUT2D eigenvalue weighted by Gasteiger charge is -2.33. The van der Waals surface area contributed by atoms with Crippen LogP contribution in [0, 0.1) is 11.8 Å². The summed E-state index contributed by atoms with van der Waals surface area (Å²) in [6.07, 6.45) is -0.716. The highest BCUT2D eigenvalue weighted by molar-refractivity contribution is 5.56. The molecule has 1 aromatic rings. The van der Waals surface area contributed by atoms with Crippen molar-refractivity contribution >= 4 is 11.6 Å². The van der Waals surface area contributed by atoms with Gasteiger partial charge in [-0.3, -0.25) is 19.2 Å². The van der Waals surface area contributed by atoms with Crippen molar-refractivity contribution in [2.24, 2.45) is 11.8 Å². The molecule has 1 aromatic heterocycles. The van der Waals surface area contributed by atoms with Gasteiger partial charge in [-0.05, 0) is 37.3 Å². The van der Waals surface area contributed by atoms with Crippen LogP contribution in [-0.2, 0) is 0 Å². The van der Waals surface area contributed by atoms with Crippen LogP contribution in [-0.4, -0.2) is 56.9 Å². The summed E-state index contributed by atoms with van der Waals surface area (Å²) in [4.78, 5) is 28.7. The number of alkyl halides is 3. The molecule has 4 aliphatic rings. The van der Waals surface area contributed by atoms with E-state index in [2.05, 4.69) is 4.98 Å². The zero-order valence-corrected chi connectivity index (χ0v) is 15.4. The number of aliphatic hydroxyl groups is 1. The predicted octanol–water partition coefficient (Wildman–Crippen LogP) is -0.509. The molecule has 2 N–H and O–H groups in total. The Morgan fingerprint density at radius 3 is 2.61 bits per heavy atom. The number of nitrogens with zero attached hydrogens (tertiary/aromatic N) is 2. The topological polar surface area (TPSA) is 78.3 Å². The van der Waals surface area contributed by atoms with Crippen molar-refractivity contribution in [2.45, 2.75) is 56.5 Å². The van der Waals surface area contributed by atoms with Crippen molar-refractivity contribution in [3.8, 4) is 0 Å². The number of aromatic amines is 1. The largest absolute Gasteiger partial charge is 0.387 e. The van der Waals surface area contributed by atoms with Gasteiger partial charge in [0.05, 0.1) is 16.6 Å². The number of fused-ring (bicyclic) bond motifs is 2. The van der Waals surface area contributed by atoms with Crippen LogP contribution in [0.5, 0.6) is 0 Å². The average Bonchev–Trinajstić information content (AvgIpc) is 3.32. The summed E-state index contributed by atoms with van der Waals surface area (Å²) >= 11 is 0. The van der Waals surface area contributed by atoms with Crippen molar-refractivity contribution in [1.82, 2.24) is 14.5 Å². The van der Waals surface area contributed by atoms with E-state index in [-0.39, 0.29) is 24.4 Å². The molecule has 0 radical (unpaired) electrons. The highest BCUT2D eigenvalue weighted by atomic mass is 19.3. The number of hydrogen-bond donors (Lipinski definition) is 2. The number of nitrogens with one attached hydrogen (secondary N) is 1. The highest BCUT2D eigenvalue weighted by Crippen LogP contribution is 2.48. The second kappa shape index (κ2) is 5.82. The molecule has 0 aromatic carbocycles. The number of H-pyrrole nitrogens is 1. The fourth-order valence-electron chi connectivity index (χ4n) is 5.42. The smallest absolute Gasteiger partial charge is 0.329 e. The van der Waals surface area contributed by atoms with E-state index in [1.165, 1.54) is 6.08 Å². The molecule has 3 fully saturated rings. The van der Waals surface area contributed by atoms with E-state index in [1.54, 1.807) is 16.4 Å². The Labute approximate surface area is 158 Å². The Balaban J connectivity index is 1.60. The standard InChI is InChI=1S/C19H22F3N3O3/c1-8-14-11(17(27)23-18(28)25(14)10-2-3-10)4-13(20)15(8)24-6-9-5-19(21,22)16(26)12(9)7-24/h4,9-10,12-13,15-16,26H,2-3,5-7H2,1H3,(H,23,27,28). The van der Waals surface area contributed by atoms with Gasteiger partial charge in [-0.1, -0.05) is 0 Å². The van der Waals surface area contributed by atoms with E-state index in [0.29, 0.717) is 10.9 Å². The van der Waals surface area contributed by atoms with Gasteiger partial charge in [0, 0.05) is 31.5 Å². The van der Waals surface area contributed by atoms with Crippen molar-refractivity contribution in [3.05, 3.63) is 31.4 Å². The molecule has 5 unspecified atom stereocenters. The molecule has 2 saturated carbocycles. The zero-order valence-electron chi connectivity index (χ0n) is 15.4. The van der Waals surface area contributed by atoms with Gasteiger partial charge in [-0.2, -0.15) is 0 Å². The number of rotatable bonds is 2. The van der Waals surface area contributed by atoms with Gasteiger partial charge in [0.15, 0.2) is 0 Å². The molecule has 2 heterocycles. The van der Waals surface area contributed by atoms with E-state index in [4.69, 9.17) is 0 Å². The van der Waals surface area contributed by atoms with E-state index in [1.807, 2.05) is 0 Å². The van der Waals surface area contributed by atoms with Gasteiger partial charge in [0.25, 0.3) is 11.5 Å². The molecule has 6 nitrogen and oxygen atoms in total. The Kier molecular flexibility index (Phi) is 3.78. The fourth-order valence-corrected chi connectivity index (χ4v) is 5.42. The summed E-state index contributed by atoms with van der Waals surface area (Å²) in [5.74, 6) is -4.09. The first-order valence-corrected chi connectivity index (χ1v) is 9.70. The van der Waals surface area contributed by atoms with Crippen LogP contribution < -0.4 is 21.8 Å². The first-order chi connectivity index (χ1) is 13.2. The number of aromatic nitrogens is 2. The van der Waals surface area contributed by atoms with Gasteiger partial charge in [-0.25, -0.2) is 18.0 Å². The van der Waals surface area contributed by atoms with Crippen LogP contribution in [0.3, 0.4) is 0 Å². The van der Waals surface area contributed by atoms with E-state index < -0.39 is 53.7 Å². The summed E-state index contributed by atoms with van der Waals surface area (Å²) in [6.45, 7) is 2.14. The molecule has 28 heavy (non-hydrogen) atoms. The summed E-state index contributed by atoms with van der Waals surface area (Å²) in [5.41, 5.74) is -0.532. The van der Waals surface area contributed by atoms with Crippen LogP contribution in [0.1, 0.15) is 32.2 Å².